The van der Waals surface area contributed by atoms with Gasteiger partial charge < -0.3 is 4.74 Å². The molecular formula is C18H21N3O5. The van der Waals surface area contributed by atoms with Crippen LogP contribution in [0.4, 0.5) is 5.69 Å². The smallest absolute Gasteiger partial charge is 0.357 e. The molecule has 8 heteroatoms. The summed E-state index contributed by atoms with van der Waals surface area (Å²) in [5.74, 6) is 0.613. The van der Waals surface area contributed by atoms with Crippen LogP contribution in [0.5, 0.6) is 5.75 Å². The highest BCUT2D eigenvalue weighted by Crippen LogP contribution is 2.22. The number of para-hydroxylation sites is 1. The molecule has 0 N–H and O–H groups in total. The maximum Gasteiger partial charge on any atom is 0.357 e. The zero-order valence-electron chi connectivity index (χ0n) is 15.0. The van der Waals surface area contributed by atoms with E-state index in [1.807, 2.05) is 19.9 Å². The second kappa shape index (κ2) is 8.28. The predicted octanol–water partition coefficient (Wildman–Crippen LogP) is 2.43. The highest BCUT2D eigenvalue weighted by molar-refractivity contribution is 5.74. The van der Waals surface area contributed by atoms with Gasteiger partial charge in [0.05, 0.1) is 11.5 Å². The number of nitro groups is 1. The van der Waals surface area contributed by atoms with Crippen molar-refractivity contribution in [1.82, 2.24) is 9.13 Å². The van der Waals surface area contributed by atoms with E-state index in [2.05, 4.69) is 0 Å². The fraction of sp³-hybridized carbons (Fsp3) is 0.333. The number of benzene rings is 1. The number of rotatable bonds is 7. The molecule has 26 heavy (non-hydrogen) atoms. The summed E-state index contributed by atoms with van der Waals surface area (Å²) in [7, 11) is 1.24. The predicted molar refractivity (Wildman–Crippen MR) is 99.4 cm³/mol. The van der Waals surface area contributed by atoms with Gasteiger partial charge in [-0.05, 0) is 31.6 Å². The molecule has 0 spiro atoms. The molecule has 0 radical (unpaired) electrons. The van der Waals surface area contributed by atoms with Crippen molar-refractivity contribution in [1.29, 1.82) is 0 Å². The molecule has 1 aromatic heterocycles. The standard InChI is InChI=1S/C18H21N3O5/c1-4-12-20-14(16(21(24)25)17(22)19(3)18(20)23)11-10-13-8-6-7-9-15(13)26-5-2/h6-11H,4-5,12H2,1-3H3/b11-10+. The minimum atomic E-state index is -0.926. The molecule has 1 heterocycles. The summed E-state index contributed by atoms with van der Waals surface area (Å²) >= 11 is 0. The van der Waals surface area contributed by atoms with E-state index in [0.29, 0.717) is 24.3 Å². The van der Waals surface area contributed by atoms with Crippen molar-refractivity contribution in [2.45, 2.75) is 26.8 Å². The van der Waals surface area contributed by atoms with Gasteiger partial charge >= 0.3 is 16.9 Å². The molecule has 138 valence electrons. The van der Waals surface area contributed by atoms with Crippen molar-refractivity contribution in [3.05, 3.63) is 66.5 Å². The highest BCUT2D eigenvalue weighted by Gasteiger charge is 2.24. The molecule has 0 saturated carbocycles. The first-order valence-corrected chi connectivity index (χ1v) is 8.30. The lowest BCUT2D eigenvalue weighted by Gasteiger charge is -2.11. The van der Waals surface area contributed by atoms with Gasteiger partial charge in [-0.2, -0.15) is 0 Å². The van der Waals surface area contributed by atoms with E-state index in [-0.39, 0.29) is 12.2 Å². The van der Waals surface area contributed by atoms with Crippen molar-refractivity contribution < 1.29 is 9.66 Å². The molecule has 0 aliphatic rings. The van der Waals surface area contributed by atoms with Gasteiger partial charge in [0.25, 0.3) is 0 Å². The van der Waals surface area contributed by atoms with Crippen molar-refractivity contribution in [3.8, 4) is 5.75 Å². The van der Waals surface area contributed by atoms with Crippen LogP contribution in [-0.4, -0.2) is 20.7 Å². The van der Waals surface area contributed by atoms with Crippen LogP contribution in [0.2, 0.25) is 0 Å². The van der Waals surface area contributed by atoms with Crippen molar-refractivity contribution in [2.75, 3.05) is 6.61 Å². The Bertz CT molecular complexity index is 956. The summed E-state index contributed by atoms with van der Waals surface area (Å²) < 4.78 is 7.54. The maximum absolute atomic E-state index is 12.4. The van der Waals surface area contributed by atoms with Crippen LogP contribution < -0.4 is 16.0 Å². The van der Waals surface area contributed by atoms with E-state index in [9.17, 15) is 19.7 Å². The molecule has 0 aliphatic heterocycles. The van der Waals surface area contributed by atoms with E-state index < -0.39 is 21.9 Å². The maximum atomic E-state index is 12.4. The summed E-state index contributed by atoms with van der Waals surface area (Å²) in [6.07, 6.45) is 3.62. The summed E-state index contributed by atoms with van der Waals surface area (Å²) in [4.78, 5) is 35.4. The van der Waals surface area contributed by atoms with Gasteiger partial charge in [0.1, 0.15) is 11.4 Å². The topological polar surface area (TPSA) is 96.4 Å². The van der Waals surface area contributed by atoms with E-state index in [1.165, 1.54) is 17.7 Å². The lowest BCUT2D eigenvalue weighted by Crippen LogP contribution is -2.40. The first kappa shape index (κ1) is 19.2. The Balaban J connectivity index is 2.70. The molecule has 0 fully saturated rings. The summed E-state index contributed by atoms with van der Waals surface area (Å²) in [5, 5.41) is 11.5. The van der Waals surface area contributed by atoms with E-state index in [0.717, 1.165) is 4.57 Å². The van der Waals surface area contributed by atoms with Gasteiger partial charge in [0, 0.05) is 19.2 Å². The third-order valence-electron chi connectivity index (χ3n) is 3.83. The SMILES string of the molecule is CCCn1c(/C=C/c2ccccc2OCC)c([N+](=O)[O-])c(=O)n(C)c1=O. The van der Waals surface area contributed by atoms with Gasteiger partial charge in [-0.25, -0.2) is 4.79 Å². The third kappa shape index (κ3) is 3.74. The number of hydrogen-bond acceptors (Lipinski definition) is 5. The van der Waals surface area contributed by atoms with Crippen molar-refractivity contribution in [3.63, 3.8) is 0 Å². The first-order chi connectivity index (χ1) is 12.4. The van der Waals surface area contributed by atoms with Crippen LogP contribution >= 0.6 is 0 Å². The van der Waals surface area contributed by atoms with Gasteiger partial charge in [-0.3, -0.25) is 24.0 Å². The normalized spacial score (nSPS) is 11.0. The molecular weight excluding hydrogens is 338 g/mol. The van der Waals surface area contributed by atoms with Gasteiger partial charge in [0.2, 0.25) is 0 Å². The average molecular weight is 359 g/mol. The Morgan fingerprint density at radius 2 is 1.88 bits per heavy atom. The second-order valence-electron chi connectivity index (χ2n) is 5.59. The van der Waals surface area contributed by atoms with Crippen LogP contribution in [0.25, 0.3) is 12.2 Å². The second-order valence-corrected chi connectivity index (χ2v) is 5.59. The highest BCUT2D eigenvalue weighted by atomic mass is 16.6. The number of aromatic nitrogens is 2. The van der Waals surface area contributed by atoms with Gasteiger partial charge in [-0.15, -0.1) is 0 Å². The van der Waals surface area contributed by atoms with Crippen LogP contribution in [0.15, 0.2) is 33.9 Å². The molecule has 0 aliphatic carbocycles. The monoisotopic (exact) mass is 359 g/mol. The van der Waals surface area contributed by atoms with Crippen molar-refractivity contribution >= 4 is 17.8 Å². The Morgan fingerprint density at radius 3 is 2.50 bits per heavy atom. The minimum Gasteiger partial charge on any atom is -0.493 e. The fourth-order valence-corrected chi connectivity index (χ4v) is 2.62. The quantitative estimate of drug-likeness (QED) is 0.559. The Labute approximate surface area is 150 Å². The molecule has 0 unspecified atom stereocenters. The molecule has 0 atom stereocenters. The van der Waals surface area contributed by atoms with Crippen LogP contribution in [0, 0.1) is 10.1 Å². The zero-order valence-corrected chi connectivity index (χ0v) is 15.0. The van der Waals surface area contributed by atoms with Crippen LogP contribution in [0.3, 0.4) is 0 Å². The number of hydrogen-bond donors (Lipinski definition) is 0. The molecule has 0 amide bonds. The fourth-order valence-electron chi connectivity index (χ4n) is 2.62. The average Bonchev–Trinajstić information content (AvgIpc) is 2.62. The Morgan fingerprint density at radius 1 is 1.19 bits per heavy atom. The molecule has 2 rings (SSSR count). The minimum absolute atomic E-state index is 0.0174. The molecule has 0 saturated heterocycles. The summed E-state index contributed by atoms with van der Waals surface area (Å²) in [6, 6.07) is 7.19. The number of nitrogens with zero attached hydrogens (tertiary/aromatic N) is 3. The van der Waals surface area contributed by atoms with Gasteiger partial charge in [-0.1, -0.05) is 25.1 Å². The molecule has 2 aromatic rings. The van der Waals surface area contributed by atoms with Crippen LogP contribution in [0.1, 0.15) is 31.5 Å². The van der Waals surface area contributed by atoms with Gasteiger partial charge in [0.15, 0.2) is 0 Å². The lowest BCUT2D eigenvalue weighted by molar-refractivity contribution is -0.387. The third-order valence-corrected chi connectivity index (χ3v) is 3.83. The summed E-state index contributed by atoms with van der Waals surface area (Å²) in [5.41, 5.74) is -1.45. The lowest BCUT2D eigenvalue weighted by atomic mass is 10.1. The van der Waals surface area contributed by atoms with Crippen LogP contribution in [-0.2, 0) is 13.6 Å². The molecule has 1 aromatic carbocycles. The van der Waals surface area contributed by atoms with Crippen molar-refractivity contribution in [2.24, 2.45) is 7.05 Å². The molecule has 0 bridgehead atoms. The van der Waals surface area contributed by atoms with E-state index in [4.69, 9.17) is 4.74 Å². The molecule has 8 nitrogen and oxygen atoms in total. The largest absolute Gasteiger partial charge is 0.493 e. The number of ether oxygens (including phenoxy) is 1. The zero-order chi connectivity index (χ0) is 19.3. The Hall–Kier alpha value is -3.16. The van der Waals surface area contributed by atoms with E-state index in [1.54, 1.807) is 24.3 Å². The van der Waals surface area contributed by atoms with E-state index >= 15 is 0 Å². The summed E-state index contributed by atoms with van der Waals surface area (Å²) in [6.45, 7) is 4.43. The first-order valence-electron chi connectivity index (χ1n) is 8.30. The Kier molecular flexibility index (Phi) is 6.11.